The lowest BCUT2D eigenvalue weighted by Gasteiger charge is -2.07. The number of benzene rings is 2. The number of rotatable bonds is 7. The molecule has 0 fully saturated rings. The van der Waals surface area contributed by atoms with E-state index in [9.17, 15) is 15.0 Å². The lowest BCUT2D eigenvalue weighted by molar-refractivity contribution is 0.0663. The molecule has 9 N–H and O–H groups in total. The van der Waals surface area contributed by atoms with Crippen LogP contribution in [0.2, 0.25) is 0 Å². The van der Waals surface area contributed by atoms with Crippen LogP contribution in [-0.2, 0) is 12.8 Å². The molecule has 0 amide bonds. The van der Waals surface area contributed by atoms with E-state index >= 15 is 0 Å². The van der Waals surface area contributed by atoms with E-state index in [2.05, 4.69) is 22.4 Å². The molecule has 2 aromatic carbocycles. The Kier molecular flexibility index (Phi) is 11.2. The van der Waals surface area contributed by atoms with Crippen molar-refractivity contribution in [2.45, 2.75) is 26.2 Å². The first-order valence-electron chi connectivity index (χ1n) is 13.0. The van der Waals surface area contributed by atoms with Gasteiger partial charge in [0.1, 0.15) is 11.4 Å². The maximum atomic E-state index is 11.1. The number of phenolic OH excluding ortho intramolecular Hbond substituents is 1. The first kappa shape index (κ1) is 31.0. The summed E-state index contributed by atoms with van der Waals surface area (Å²) in [4.78, 5) is 11.1. The molecular formula is C29H35N5O7. The lowest BCUT2D eigenvalue weighted by atomic mass is 10.1. The second-order valence-electron chi connectivity index (χ2n) is 9.03. The van der Waals surface area contributed by atoms with E-state index in [1.807, 2.05) is 13.0 Å². The molecule has 1 aliphatic carbocycles. The molecule has 0 saturated heterocycles. The Bertz CT molecular complexity index is 1480. The monoisotopic (exact) mass is 565 g/mol. The molecule has 1 aliphatic rings. The van der Waals surface area contributed by atoms with Gasteiger partial charge in [-0.2, -0.15) is 0 Å². The fourth-order valence-electron chi connectivity index (χ4n) is 4.15. The second kappa shape index (κ2) is 14.8. The summed E-state index contributed by atoms with van der Waals surface area (Å²) in [5, 5.41) is 54.3. The predicted octanol–water partition coefficient (Wildman–Crippen LogP) is 3.93. The van der Waals surface area contributed by atoms with Crippen LogP contribution in [0.25, 0.3) is 17.0 Å². The number of fused-ring (bicyclic) bond motifs is 1. The van der Waals surface area contributed by atoms with Gasteiger partial charge in [-0.3, -0.25) is 4.57 Å². The number of carbonyl (C=O) groups is 1. The zero-order chi connectivity index (χ0) is 29.9. The number of nitrogens with zero attached hydrogens (tertiary/aromatic N) is 3. The summed E-state index contributed by atoms with van der Waals surface area (Å²) in [6.07, 6.45) is 5.07. The van der Waals surface area contributed by atoms with Crippen molar-refractivity contribution in [2.24, 2.45) is 21.7 Å². The van der Waals surface area contributed by atoms with Crippen LogP contribution in [0.1, 0.15) is 33.7 Å². The predicted molar refractivity (Wildman–Crippen MR) is 153 cm³/mol. The normalized spacial score (nSPS) is 11.9. The number of aromatic carboxylic acids is 1. The molecule has 41 heavy (non-hydrogen) atoms. The highest BCUT2D eigenvalue weighted by molar-refractivity contribution is 5.85. The summed E-state index contributed by atoms with van der Waals surface area (Å²) in [5.41, 5.74) is 14.5. The van der Waals surface area contributed by atoms with Crippen molar-refractivity contribution >= 4 is 17.3 Å². The maximum absolute atomic E-state index is 11.1. The Morgan fingerprint density at radius 2 is 1.66 bits per heavy atom. The summed E-state index contributed by atoms with van der Waals surface area (Å²) < 4.78 is 6.95. The van der Waals surface area contributed by atoms with Gasteiger partial charge in [-0.15, -0.1) is 10.2 Å². The van der Waals surface area contributed by atoms with Crippen LogP contribution in [0.3, 0.4) is 0 Å². The Morgan fingerprint density at radius 1 is 0.976 bits per heavy atom. The van der Waals surface area contributed by atoms with Crippen molar-refractivity contribution in [3.63, 3.8) is 0 Å². The summed E-state index contributed by atoms with van der Waals surface area (Å²) in [6, 6.07) is 13.7. The van der Waals surface area contributed by atoms with Gasteiger partial charge >= 0.3 is 5.97 Å². The van der Waals surface area contributed by atoms with Gasteiger partial charge < -0.3 is 41.4 Å². The number of aromatic hydroxyl groups is 2. The van der Waals surface area contributed by atoms with Crippen LogP contribution in [0.5, 0.6) is 11.6 Å². The van der Waals surface area contributed by atoms with E-state index in [1.165, 1.54) is 23.3 Å². The Balaban J connectivity index is 0.000000515. The molecule has 0 radical (unpaired) electrons. The minimum Gasteiger partial charge on any atom is -0.505 e. The summed E-state index contributed by atoms with van der Waals surface area (Å²) >= 11 is 0. The first-order valence-corrected chi connectivity index (χ1v) is 13.0. The van der Waals surface area contributed by atoms with Crippen LogP contribution < -0.4 is 11.5 Å². The summed E-state index contributed by atoms with van der Waals surface area (Å²) in [6.45, 7) is 2.77. The van der Waals surface area contributed by atoms with E-state index in [-0.39, 0.29) is 47.6 Å². The number of aliphatic hydroxyl groups is 2. The van der Waals surface area contributed by atoms with Crippen LogP contribution in [-0.4, -0.2) is 62.4 Å². The Morgan fingerprint density at radius 3 is 2.29 bits per heavy atom. The molecule has 0 aliphatic heterocycles. The number of phenols is 1. The number of aryl methyl sites for hydroxylation is 3. The number of hydrogen-bond donors (Lipinski definition) is 7. The third-order valence-electron chi connectivity index (χ3n) is 6.11. The van der Waals surface area contributed by atoms with Crippen LogP contribution in [0, 0.1) is 6.92 Å². The number of carboxylic acids is 1. The van der Waals surface area contributed by atoms with E-state index in [1.54, 1.807) is 29.0 Å². The minimum atomic E-state index is -1.20. The molecule has 0 atom stereocenters. The fourth-order valence-corrected chi connectivity index (χ4v) is 4.15. The molecule has 12 nitrogen and oxygen atoms in total. The van der Waals surface area contributed by atoms with Gasteiger partial charge in [-0.1, -0.05) is 12.1 Å². The van der Waals surface area contributed by atoms with Crippen LogP contribution in [0.4, 0.5) is 11.4 Å². The maximum Gasteiger partial charge on any atom is 0.371 e. The topological polar surface area (TPSA) is 213 Å². The van der Waals surface area contributed by atoms with Gasteiger partial charge in [-0.05, 0) is 79.3 Å². The highest BCUT2D eigenvalue weighted by Gasteiger charge is 2.18. The standard InChI is InChI=1S/C25H21N3O5.2C2H7NO/c1-14-13-28(17-9-8-15-4-2-5-16(15)12-17)24(30)22(14)27-26-19-7-3-6-18(23(19)29)20-10-11-21(33-20)25(31)32;2*3-1-2-4/h3,6-13,29-30H,2,4-5H2,1H3,(H,31,32);2*4H,1-3H2. The van der Waals surface area contributed by atoms with Gasteiger partial charge in [-0.25, -0.2) is 4.79 Å². The molecular weight excluding hydrogens is 530 g/mol. The fraction of sp³-hybridized carbons (Fsp3) is 0.276. The van der Waals surface area contributed by atoms with Crippen molar-refractivity contribution in [1.82, 2.24) is 4.57 Å². The minimum absolute atomic E-state index is 0.0398. The SMILES string of the molecule is Cc1cn(-c2ccc3c(c2)CCC3)c(O)c1N=Nc1cccc(-c2ccc(C(=O)O)o2)c1O.NCCO.NCCO. The van der Waals surface area contributed by atoms with Gasteiger partial charge in [0.2, 0.25) is 11.6 Å². The lowest BCUT2D eigenvalue weighted by Crippen LogP contribution is -2.02. The molecule has 218 valence electrons. The number of furan rings is 1. The largest absolute Gasteiger partial charge is 0.505 e. The van der Waals surface area contributed by atoms with E-state index < -0.39 is 5.97 Å². The van der Waals surface area contributed by atoms with E-state index in [4.69, 9.17) is 31.2 Å². The van der Waals surface area contributed by atoms with Gasteiger partial charge in [0.05, 0.1) is 18.8 Å². The van der Waals surface area contributed by atoms with Crippen molar-refractivity contribution in [1.29, 1.82) is 0 Å². The zero-order valence-electron chi connectivity index (χ0n) is 22.7. The third-order valence-corrected chi connectivity index (χ3v) is 6.11. The molecule has 0 bridgehead atoms. The number of aromatic nitrogens is 1. The molecule has 4 aromatic rings. The summed E-state index contributed by atoms with van der Waals surface area (Å²) in [5.74, 6) is -1.48. The van der Waals surface area contributed by atoms with Crippen molar-refractivity contribution in [3.05, 3.63) is 77.2 Å². The molecule has 0 spiro atoms. The average molecular weight is 566 g/mol. The first-order chi connectivity index (χ1) is 19.7. The highest BCUT2D eigenvalue weighted by atomic mass is 16.4. The van der Waals surface area contributed by atoms with Gasteiger partial charge in [0.25, 0.3) is 0 Å². The smallest absolute Gasteiger partial charge is 0.371 e. The highest BCUT2D eigenvalue weighted by Crippen LogP contribution is 2.41. The van der Waals surface area contributed by atoms with E-state index in [0.717, 1.165) is 30.5 Å². The van der Waals surface area contributed by atoms with Crippen molar-refractivity contribution in [2.75, 3.05) is 26.3 Å². The molecule has 2 aromatic heterocycles. The van der Waals surface area contributed by atoms with Crippen molar-refractivity contribution < 1.29 is 34.7 Å². The van der Waals surface area contributed by atoms with Crippen molar-refractivity contribution in [3.8, 4) is 28.6 Å². The van der Waals surface area contributed by atoms with Gasteiger partial charge in [0, 0.05) is 25.0 Å². The number of nitrogens with two attached hydrogens (primary N) is 2. The number of aliphatic hydroxyl groups excluding tert-OH is 2. The molecule has 2 heterocycles. The second-order valence-corrected chi connectivity index (χ2v) is 9.03. The Hall–Kier alpha value is -4.49. The molecule has 5 rings (SSSR count). The Labute approximate surface area is 236 Å². The molecule has 0 saturated carbocycles. The van der Waals surface area contributed by atoms with E-state index in [0.29, 0.717) is 18.8 Å². The summed E-state index contributed by atoms with van der Waals surface area (Å²) in [7, 11) is 0. The number of para-hydroxylation sites is 1. The van der Waals surface area contributed by atoms with Crippen LogP contribution in [0.15, 0.2) is 69.4 Å². The quantitative estimate of drug-likeness (QED) is 0.161. The average Bonchev–Trinajstić information content (AvgIpc) is 3.72. The zero-order valence-corrected chi connectivity index (χ0v) is 22.7. The molecule has 12 heteroatoms. The van der Waals surface area contributed by atoms with Gasteiger partial charge in [0.15, 0.2) is 11.4 Å². The number of azo groups is 1. The third kappa shape index (κ3) is 7.58. The molecule has 0 unspecified atom stereocenters. The van der Waals surface area contributed by atoms with Crippen LogP contribution >= 0.6 is 0 Å². The number of carboxylic acid groups (broad SMARTS) is 1. The number of hydrogen-bond acceptors (Lipinski definition) is 10.